The first kappa shape index (κ1) is 11.4. The van der Waals surface area contributed by atoms with Gasteiger partial charge in [0.25, 0.3) is 0 Å². The number of nitrogens with two attached hydrogens (primary N) is 2. The quantitative estimate of drug-likeness (QED) is 0.606. The molecule has 1 aliphatic rings. The predicted octanol–water partition coefficient (Wildman–Crippen LogP) is -0.468. The van der Waals surface area contributed by atoms with Gasteiger partial charge in [0.2, 0.25) is 5.91 Å². The van der Waals surface area contributed by atoms with Gasteiger partial charge in [-0.25, -0.2) is 0 Å². The molecule has 4 heteroatoms. The second-order valence-corrected chi connectivity index (χ2v) is 2.63. The summed E-state index contributed by atoms with van der Waals surface area (Å²) in [7, 11) is 1.50. The number of carbonyl (C=O) groups is 1. The maximum Gasteiger partial charge on any atom is 0.222 e. The van der Waals surface area contributed by atoms with Crippen LogP contribution in [0, 0.1) is 0 Å². The fraction of sp³-hybridized carbons (Fsp3) is 0.875. The molecule has 1 heterocycles. The predicted molar refractivity (Wildman–Crippen MR) is 49.6 cm³/mol. The van der Waals surface area contributed by atoms with Gasteiger partial charge in [0.05, 0.1) is 0 Å². The minimum Gasteiger partial charge on any atom is -0.343 e. The third-order valence-electron chi connectivity index (χ3n) is 1.80. The van der Waals surface area contributed by atoms with Crippen LogP contribution in [-0.4, -0.2) is 37.5 Å². The SMILES string of the molecule is CN.NCCCN1CCCC1=O. The first-order chi connectivity index (χ1) is 5.84. The van der Waals surface area contributed by atoms with Crippen LogP contribution in [0.2, 0.25) is 0 Å². The van der Waals surface area contributed by atoms with Crippen LogP contribution in [0.1, 0.15) is 19.3 Å². The normalized spacial score (nSPS) is 15.9. The average molecular weight is 173 g/mol. The first-order valence-electron chi connectivity index (χ1n) is 4.40. The Balaban J connectivity index is 0.000000561. The van der Waals surface area contributed by atoms with E-state index >= 15 is 0 Å². The first-order valence-corrected chi connectivity index (χ1v) is 4.40. The maximum atomic E-state index is 11.0. The van der Waals surface area contributed by atoms with Crippen molar-refractivity contribution in [2.75, 3.05) is 26.7 Å². The van der Waals surface area contributed by atoms with Crippen LogP contribution in [-0.2, 0) is 4.79 Å². The lowest BCUT2D eigenvalue weighted by atomic mass is 10.4. The molecule has 0 aromatic heterocycles. The number of likely N-dealkylation sites (tertiary alicyclic amines) is 1. The molecule has 4 N–H and O–H groups in total. The van der Waals surface area contributed by atoms with Crippen LogP contribution >= 0.6 is 0 Å². The number of nitrogens with zero attached hydrogens (tertiary/aromatic N) is 1. The third kappa shape index (κ3) is 3.69. The number of rotatable bonds is 3. The molecule has 0 unspecified atom stereocenters. The van der Waals surface area contributed by atoms with E-state index in [1.807, 2.05) is 4.90 Å². The summed E-state index contributed by atoms with van der Waals surface area (Å²) < 4.78 is 0. The minimum absolute atomic E-state index is 0.299. The van der Waals surface area contributed by atoms with Crippen molar-refractivity contribution in [3.05, 3.63) is 0 Å². The maximum absolute atomic E-state index is 11.0. The van der Waals surface area contributed by atoms with E-state index in [0.29, 0.717) is 12.5 Å². The van der Waals surface area contributed by atoms with Gasteiger partial charge in [-0.1, -0.05) is 0 Å². The average Bonchev–Trinajstić information content (AvgIpc) is 2.51. The van der Waals surface area contributed by atoms with Crippen molar-refractivity contribution < 1.29 is 4.79 Å². The fourth-order valence-electron chi connectivity index (χ4n) is 1.22. The van der Waals surface area contributed by atoms with Crippen LogP contribution < -0.4 is 11.5 Å². The third-order valence-corrected chi connectivity index (χ3v) is 1.80. The molecule has 12 heavy (non-hydrogen) atoms. The lowest BCUT2D eigenvalue weighted by molar-refractivity contribution is -0.127. The summed E-state index contributed by atoms with van der Waals surface area (Å²) in [6.07, 6.45) is 2.71. The summed E-state index contributed by atoms with van der Waals surface area (Å²) in [5, 5.41) is 0. The van der Waals surface area contributed by atoms with Crippen molar-refractivity contribution >= 4 is 5.91 Å². The molecule has 1 saturated heterocycles. The molecule has 4 nitrogen and oxygen atoms in total. The Morgan fingerprint density at radius 2 is 2.17 bits per heavy atom. The van der Waals surface area contributed by atoms with Crippen LogP contribution in [0.4, 0.5) is 0 Å². The summed E-state index contributed by atoms with van der Waals surface area (Å²) in [6, 6.07) is 0. The van der Waals surface area contributed by atoms with Gasteiger partial charge in [0, 0.05) is 19.5 Å². The highest BCUT2D eigenvalue weighted by Crippen LogP contribution is 2.08. The molecule has 0 radical (unpaired) electrons. The zero-order valence-electron chi connectivity index (χ0n) is 7.75. The Bertz CT molecular complexity index is 127. The monoisotopic (exact) mass is 173 g/mol. The van der Waals surface area contributed by atoms with E-state index in [9.17, 15) is 4.79 Å². The molecule has 0 spiro atoms. The van der Waals surface area contributed by atoms with E-state index in [1.54, 1.807) is 0 Å². The van der Waals surface area contributed by atoms with E-state index in [0.717, 1.165) is 32.4 Å². The Kier molecular flexibility index (Phi) is 6.70. The summed E-state index contributed by atoms with van der Waals surface area (Å²) in [4.78, 5) is 12.9. The topological polar surface area (TPSA) is 72.3 Å². The largest absolute Gasteiger partial charge is 0.343 e. The lowest BCUT2D eigenvalue weighted by Gasteiger charge is -2.13. The molecule has 1 fully saturated rings. The van der Waals surface area contributed by atoms with Gasteiger partial charge < -0.3 is 16.4 Å². The van der Waals surface area contributed by atoms with Crippen LogP contribution in [0.15, 0.2) is 0 Å². The van der Waals surface area contributed by atoms with Gasteiger partial charge in [0.1, 0.15) is 0 Å². The minimum atomic E-state index is 0.299. The Morgan fingerprint density at radius 3 is 2.58 bits per heavy atom. The fourth-order valence-corrected chi connectivity index (χ4v) is 1.22. The van der Waals surface area contributed by atoms with Crippen LogP contribution in [0.3, 0.4) is 0 Å². The van der Waals surface area contributed by atoms with Crippen molar-refractivity contribution in [3.8, 4) is 0 Å². The molecule has 0 aromatic rings. The van der Waals surface area contributed by atoms with Gasteiger partial charge in [0.15, 0.2) is 0 Å². The molecule has 1 amide bonds. The summed E-state index contributed by atoms with van der Waals surface area (Å²) >= 11 is 0. The smallest absolute Gasteiger partial charge is 0.222 e. The second kappa shape index (κ2) is 7.06. The van der Waals surface area contributed by atoms with E-state index in [2.05, 4.69) is 5.73 Å². The molecule has 72 valence electrons. The van der Waals surface area contributed by atoms with Crippen molar-refractivity contribution in [2.24, 2.45) is 11.5 Å². The number of hydrogen-bond acceptors (Lipinski definition) is 3. The molecule has 1 rings (SSSR count). The standard InChI is InChI=1S/C7H14N2O.CH5N/c8-4-2-6-9-5-1-3-7(9)10;1-2/h1-6,8H2;2H2,1H3. The summed E-state index contributed by atoms with van der Waals surface area (Å²) in [6.45, 7) is 2.48. The van der Waals surface area contributed by atoms with Gasteiger partial charge >= 0.3 is 0 Å². The zero-order chi connectivity index (χ0) is 9.40. The van der Waals surface area contributed by atoms with E-state index < -0.39 is 0 Å². The highest BCUT2D eigenvalue weighted by atomic mass is 16.2. The van der Waals surface area contributed by atoms with E-state index in [4.69, 9.17) is 5.73 Å². The van der Waals surface area contributed by atoms with Crippen LogP contribution in [0.5, 0.6) is 0 Å². The molecule has 0 saturated carbocycles. The molecule has 1 aliphatic heterocycles. The lowest BCUT2D eigenvalue weighted by Crippen LogP contribution is -2.27. The highest BCUT2D eigenvalue weighted by molar-refractivity contribution is 5.77. The molecule has 0 bridgehead atoms. The number of hydrogen-bond donors (Lipinski definition) is 2. The highest BCUT2D eigenvalue weighted by Gasteiger charge is 2.18. The Labute approximate surface area is 73.9 Å². The Morgan fingerprint density at radius 1 is 1.50 bits per heavy atom. The van der Waals surface area contributed by atoms with Gasteiger partial charge in [-0.2, -0.15) is 0 Å². The molecule has 0 aliphatic carbocycles. The molecule has 0 aromatic carbocycles. The zero-order valence-corrected chi connectivity index (χ0v) is 7.75. The van der Waals surface area contributed by atoms with Crippen molar-refractivity contribution in [3.63, 3.8) is 0 Å². The molecule has 0 atom stereocenters. The van der Waals surface area contributed by atoms with E-state index in [-0.39, 0.29) is 0 Å². The van der Waals surface area contributed by atoms with Gasteiger partial charge in [-0.3, -0.25) is 4.79 Å². The van der Waals surface area contributed by atoms with E-state index in [1.165, 1.54) is 7.05 Å². The summed E-state index contributed by atoms with van der Waals surface area (Å²) in [5.41, 5.74) is 9.81. The van der Waals surface area contributed by atoms with Crippen molar-refractivity contribution in [2.45, 2.75) is 19.3 Å². The Hall–Kier alpha value is -0.610. The number of carbonyl (C=O) groups excluding carboxylic acids is 1. The van der Waals surface area contributed by atoms with Crippen molar-refractivity contribution in [1.29, 1.82) is 0 Å². The van der Waals surface area contributed by atoms with Crippen LogP contribution in [0.25, 0.3) is 0 Å². The molecular weight excluding hydrogens is 154 g/mol. The molecular formula is C8H19N3O. The second-order valence-electron chi connectivity index (χ2n) is 2.63. The van der Waals surface area contributed by atoms with Gasteiger partial charge in [-0.05, 0) is 26.4 Å². The van der Waals surface area contributed by atoms with Crippen molar-refractivity contribution in [1.82, 2.24) is 4.90 Å². The number of amides is 1. The summed E-state index contributed by atoms with van der Waals surface area (Å²) in [5.74, 6) is 0.299. The van der Waals surface area contributed by atoms with Gasteiger partial charge in [-0.15, -0.1) is 0 Å².